The summed E-state index contributed by atoms with van der Waals surface area (Å²) in [4.78, 5) is 14.7. The van der Waals surface area contributed by atoms with Gasteiger partial charge < -0.3 is 4.90 Å². The van der Waals surface area contributed by atoms with E-state index in [0.29, 0.717) is 17.6 Å². The summed E-state index contributed by atoms with van der Waals surface area (Å²) in [5.41, 5.74) is 4.25. The van der Waals surface area contributed by atoms with Gasteiger partial charge in [-0.05, 0) is 60.2 Å². The molecule has 5 nitrogen and oxygen atoms in total. The molecular formula is C23H25FN4OS. The molecule has 2 heterocycles. The summed E-state index contributed by atoms with van der Waals surface area (Å²) in [5, 5.41) is 8.89. The predicted octanol–water partition coefficient (Wildman–Crippen LogP) is 4.77. The third-order valence-electron chi connectivity index (χ3n) is 5.65. The Labute approximate surface area is 180 Å². The average molecular weight is 425 g/mol. The van der Waals surface area contributed by atoms with E-state index in [2.05, 4.69) is 36.2 Å². The number of carbonyl (C=O) groups excluding carboxylic acids is 1. The summed E-state index contributed by atoms with van der Waals surface area (Å²) >= 11 is 1.37. The van der Waals surface area contributed by atoms with Crippen LogP contribution in [-0.4, -0.2) is 37.9 Å². The number of rotatable bonds is 5. The van der Waals surface area contributed by atoms with Gasteiger partial charge in [0.1, 0.15) is 12.1 Å². The molecule has 3 aromatic rings. The normalized spacial score (nSPS) is 16.0. The first-order valence-electron chi connectivity index (χ1n) is 10.1. The van der Waals surface area contributed by atoms with Crippen molar-refractivity contribution in [3.8, 4) is 5.69 Å². The van der Waals surface area contributed by atoms with Crippen LogP contribution in [0, 0.1) is 5.82 Å². The third-order valence-corrected chi connectivity index (χ3v) is 6.57. The van der Waals surface area contributed by atoms with E-state index in [1.165, 1.54) is 23.4 Å². The van der Waals surface area contributed by atoms with Gasteiger partial charge in [-0.25, -0.2) is 4.39 Å². The van der Waals surface area contributed by atoms with Crippen molar-refractivity contribution in [2.75, 3.05) is 12.3 Å². The lowest BCUT2D eigenvalue weighted by Gasteiger charge is -2.35. The second kappa shape index (κ2) is 8.60. The molecule has 2 aromatic carbocycles. The van der Waals surface area contributed by atoms with Crippen LogP contribution in [0.2, 0.25) is 0 Å². The Morgan fingerprint density at radius 2 is 2.00 bits per heavy atom. The number of nitrogens with zero attached hydrogens (tertiary/aromatic N) is 4. The van der Waals surface area contributed by atoms with Crippen LogP contribution in [0.5, 0.6) is 0 Å². The van der Waals surface area contributed by atoms with Crippen LogP contribution in [0.25, 0.3) is 5.69 Å². The lowest BCUT2D eigenvalue weighted by atomic mass is 9.93. The second-order valence-corrected chi connectivity index (χ2v) is 8.82. The number of hydrogen-bond acceptors (Lipinski definition) is 4. The number of benzene rings is 2. The highest BCUT2D eigenvalue weighted by Crippen LogP contribution is 2.31. The molecule has 156 valence electrons. The number of carbonyl (C=O) groups is 1. The fourth-order valence-corrected chi connectivity index (χ4v) is 4.67. The highest BCUT2D eigenvalue weighted by molar-refractivity contribution is 7.99. The van der Waals surface area contributed by atoms with E-state index in [0.717, 1.165) is 23.2 Å². The van der Waals surface area contributed by atoms with Gasteiger partial charge in [-0.3, -0.25) is 9.36 Å². The Morgan fingerprint density at radius 1 is 1.23 bits per heavy atom. The van der Waals surface area contributed by atoms with Crippen LogP contribution in [0.15, 0.2) is 53.9 Å². The molecule has 1 amide bonds. The number of aromatic nitrogens is 3. The monoisotopic (exact) mass is 424 g/mol. The van der Waals surface area contributed by atoms with Crippen molar-refractivity contribution < 1.29 is 9.18 Å². The Balaban J connectivity index is 1.45. The molecule has 1 aliphatic rings. The summed E-state index contributed by atoms with van der Waals surface area (Å²) in [6.45, 7) is 6.92. The van der Waals surface area contributed by atoms with Gasteiger partial charge in [0.25, 0.3) is 0 Å². The topological polar surface area (TPSA) is 51.0 Å². The quantitative estimate of drug-likeness (QED) is 0.554. The van der Waals surface area contributed by atoms with Crippen molar-refractivity contribution in [3.05, 3.63) is 71.3 Å². The van der Waals surface area contributed by atoms with Crippen molar-refractivity contribution in [2.45, 2.75) is 44.3 Å². The van der Waals surface area contributed by atoms with E-state index in [1.807, 2.05) is 34.6 Å². The van der Waals surface area contributed by atoms with Gasteiger partial charge in [-0.1, -0.05) is 43.8 Å². The van der Waals surface area contributed by atoms with Crippen molar-refractivity contribution in [3.63, 3.8) is 0 Å². The Hall–Kier alpha value is -2.67. The summed E-state index contributed by atoms with van der Waals surface area (Å²) in [6.07, 6.45) is 2.41. The Kier molecular flexibility index (Phi) is 5.90. The van der Waals surface area contributed by atoms with Gasteiger partial charge in [-0.2, -0.15) is 0 Å². The molecule has 1 unspecified atom stereocenters. The largest absolute Gasteiger partial charge is 0.335 e. The van der Waals surface area contributed by atoms with E-state index >= 15 is 0 Å². The summed E-state index contributed by atoms with van der Waals surface area (Å²) in [6, 6.07) is 13.0. The molecule has 4 rings (SSSR count). The molecule has 0 saturated carbocycles. The maximum atomic E-state index is 13.7. The zero-order valence-corrected chi connectivity index (χ0v) is 18.2. The van der Waals surface area contributed by atoms with Crippen molar-refractivity contribution in [1.82, 2.24) is 19.7 Å². The molecule has 1 aromatic heterocycles. The van der Waals surface area contributed by atoms with Crippen LogP contribution in [-0.2, 0) is 11.2 Å². The third kappa shape index (κ3) is 4.12. The number of halogens is 1. The first-order chi connectivity index (χ1) is 14.4. The van der Waals surface area contributed by atoms with Crippen LogP contribution < -0.4 is 0 Å². The van der Waals surface area contributed by atoms with Crippen LogP contribution in [0.1, 0.15) is 49.4 Å². The SMILES string of the molecule is CC(C)c1ccc(-n2cnnc2SCC(=O)N2CCc3ccc(F)cc3C2C)cc1. The highest BCUT2D eigenvalue weighted by atomic mass is 32.2. The molecule has 30 heavy (non-hydrogen) atoms. The Morgan fingerprint density at radius 3 is 2.73 bits per heavy atom. The average Bonchev–Trinajstić information content (AvgIpc) is 3.21. The molecule has 7 heteroatoms. The molecule has 0 N–H and O–H groups in total. The molecular weight excluding hydrogens is 399 g/mol. The summed E-state index contributed by atoms with van der Waals surface area (Å²) in [5.74, 6) is 0.488. The van der Waals surface area contributed by atoms with E-state index in [-0.39, 0.29) is 23.5 Å². The fraction of sp³-hybridized carbons (Fsp3) is 0.348. The maximum absolute atomic E-state index is 13.7. The smallest absolute Gasteiger partial charge is 0.233 e. The molecule has 1 aliphatic heterocycles. The molecule has 0 fully saturated rings. The zero-order valence-electron chi connectivity index (χ0n) is 17.4. The lowest BCUT2D eigenvalue weighted by Crippen LogP contribution is -2.39. The van der Waals surface area contributed by atoms with Crippen LogP contribution in [0.4, 0.5) is 4.39 Å². The summed E-state index contributed by atoms with van der Waals surface area (Å²) in [7, 11) is 0. The van der Waals surface area contributed by atoms with Gasteiger partial charge >= 0.3 is 0 Å². The minimum absolute atomic E-state index is 0.0205. The summed E-state index contributed by atoms with van der Waals surface area (Å²) < 4.78 is 15.6. The van der Waals surface area contributed by atoms with E-state index in [1.54, 1.807) is 12.4 Å². The Bertz CT molecular complexity index is 1050. The maximum Gasteiger partial charge on any atom is 0.233 e. The van der Waals surface area contributed by atoms with E-state index in [4.69, 9.17) is 0 Å². The first-order valence-corrected chi connectivity index (χ1v) is 11.1. The molecule has 0 radical (unpaired) electrons. The predicted molar refractivity (Wildman–Crippen MR) is 116 cm³/mol. The molecule has 1 atom stereocenters. The molecule has 0 saturated heterocycles. The van der Waals surface area contributed by atoms with Crippen molar-refractivity contribution in [2.24, 2.45) is 0 Å². The fourth-order valence-electron chi connectivity index (χ4n) is 3.85. The van der Waals surface area contributed by atoms with Gasteiger partial charge in [-0.15, -0.1) is 10.2 Å². The first kappa shape index (κ1) is 20.6. The van der Waals surface area contributed by atoms with Gasteiger partial charge in [0.2, 0.25) is 5.91 Å². The van der Waals surface area contributed by atoms with Crippen LogP contribution >= 0.6 is 11.8 Å². The standard InChI is InChI=1S/C23H25FN4OS/c1-15(2)17-5-8-20(9-6-17)28-14-25-26-23(28)30-13-22(29)27-11-10-18-4-7-19(24)12-21(18)16(27)3/h4-9,12,14-16H,10-11,13H2,1-3H3. The molecule has 0 aliphatic carbocycles. The minimum atomic E-state index is -0.263. The van der Waals surface area contributed by atoms with Gasteiger partial charge in [0.15, 0.2) is 5.16 Å². The molecule has 0 bridgehead atoms. The minimum Gasteiger partial charge on any atom is -0.335 e. The van der Waals surface area contributed by atoms with E-state index in [9.17, 15) is 9.18 Å². The van der Waals surface area contributed by atoms with Gasteiger partial charge in [0.05, 0.1) is 11.8 Å². The zero-order chi connectivity index (χ0) is 21.3. The lowest BCUT2D eigenvalue weighted by molar-refractivity contribution is -0.130. The number of hydrogen-bond donors (Lipinski definition) is 0. The highest BCUT2D eigenvalue weighted by Gasteiger charge is 2.28. The van der Waals surface area contributed by atoms with Crippen LogP contribution in [0.3, 0.4) is 0 Å². The number of fused-ring (bicyclic) bond motifs is 1. The van der Waals surface area contributed by atoms with Crippen molar-refractivity contribution in [1.29, 1.82) is 0 Å². The van der Waals surface area contributed by atoms with E-state index < -0.39 is 0 Å². The molecule has 0 spiro atoms. The second-order valence-electron chi connectivity index (χ2n) is 7.87. The van der Waals surface area contributed by atoms with Gasteiger partial charge in [0, 0.05) is 12.2 Å². The number of thioether (sulfide) groups is 1. The number of amides is 1. The van der Waals surface area contributed by atoms with Crippen molar-refractivity contribution >= 4 is 17.7 Å².